The van der Waals surface area contributed by atoms with Gasteiger partial charge in [-0.15, -0.1) is 0 Å². The predicted octanol–water partition coefficient (Wildman–Crippen LogP) is 3.21. The molecule has 0 saturated heterocycles. The molecular formula is C17H13ClFN3O4. The molecular weight excluding hydrogens is 365 g/mol. The number of aromatic hydroxyl groups is 1. The van der Waals surface area contributed by atoms with Gasteiger partial charge < -0.3 is 26.0 Å². The Labute approximate surface area is 151 Å². The average molecular weight is 378 g/mol. The van der Waals surface area contributed by atoms with Gasteiger partial charge in [0.2, 0.25) is 5.75 Å². The zero-order valence-electron chi connectivity index (χ0n) is 13.4. The van der Waals surface area contributed by atoms with E-state index in [-0.39, 0.29) is 27.8 Å². The molecule has 5 N–H and O–H groups in total. The second kappa shape index (κ2) is 6.57. The number of aromatic nitrogens is 1. The van der Waals surface area contributed by atoms with Crippen LogP contribution >= 0.6 is 11.6 Å². The Morgan fingerprint density at radius 3 is 2.69 bits per heavy atom. The van der Waals surface area contributed by atoms with Crippen LogP contribution in [0.25, 0.3) is 10.9 Å². The first kappa shape index (κ1) is 17.6. The van der Waals surface area contributed by atoms with E-state index < -0.39 is 23.2 Å². The molecule has 0 aliphatic heterocycles. The van der Waals surface area contributed by atoms with E-state index >= 15 is 0 Å². The molecule has 7 nitrogen and oxygen atoms in total. The third-order valence-corrected chi connectivity index (χ3v) is 4.07. The van der Waals surface area contributed by atoms with Gasteiger partial charge >= 0.3 is 0 Å². The number of benzene rings is 2. The van der Waals surface area contributed by atoms with Crippen LogP contribution in [0.5, 0.6) is 23.0 Å². The van der Waals surface area contributed by atoms with Crippen molar-refractivity contribution in [1.29, 1.82) is 0 Å². The molecule has 0 fully saturated rings. The second-order valence-corrected chi connectivity index (χ2v) is 5.66. The lowest BCUT2D eigenvalue weighted by atomic mass is 10.1. The number of carbonyl (C=O) groups excluding carboxylic acids is 1. The number of hydrogen-bond donors (Lipinski definition) is 3. The highest BCUT2D eigenvalue weighted by Crippen LogP contribution is 2.43. The predicted molar refractivity (Wildman–Crippen MR) is 94.4 cm³/mol. The molecule has 9 heteroatoms. The molecule has 0 unspecified atom stereocenters. The summed E-state index contributed by atoms with van der Waals surface area (Å²) < 4.78 is 24.8. The number of nitrogens with zero attached hydrogens (tertiary/aromatic N) is 1. The Hall–Kier alpha value is -3.26. The van der Waals surface area contributed by atoms with Gasteiger partial charge in [-0.3, -0.25) is 9.78 Å². The van der Waals surface area contributed by atoms with Gasteiger partial charge in [0, 0.05) is 23.7 Å². The van der Waals surface area contributed by atoms with Crippen molar-refractivity contribution in [3.63, 3.8) is 0 Å². The molecule has 0 aliphatic carbocycles. The summed E-state index contributed by atoms with van der Waals surface area (Å²) in [6.45, 7) is 0. The fraction of sp³-hybridized carbons (Fsp3) is 0.0588. The minimum Gasteiger partial charge on any atom is -0.503 e. The van der Waals surface area contributed by atoms with Crippen LogP contribution in [0.15, 0.2) is 30.5 Å². The summed E-state index contributed by atoms with van der Waals surface area (Å²) in [5.41, 5.74) is 11.2. The van der Waals surface area contributed by atoms with Crippen LogP contribution in [0.3, 0.4) is 0 Å². The van der Waals surface area contributed by atoms with E-state index in [0.29, 0.717) is 10.9 Å². The maximum Gasteiger partial charge on any atom is 0.252 e. The molecule has 3 rings (SSSR count). The van der Waals surface area contributed by atoms with Crippen molar-refractivity contribution in [2.75, 3.05) is 12.8 Å². The smallest absolute Gasteiger partial charge is 0.252 e. The van der Waals surface area contributed by atoms with Crippen LogP contribution < -0.4 is 20.9 Å². The van der Waals surface area contributed by atoms with Gasteiger partial charge in [-0.1, -0.05) is 11.6 Å². The summed E-state index contributed by atoms with van der Waals surface area (Å²) in [5, 5.41) is 10.1. The average Bonchev–Trinajstić information content (AvgIpc) is 2.62. The van der Waals surface area contributed by atoms with Gasteiger partial charge in [0.15, 0.2) is 11.6 Å². The standard InChI is InChI=1S/C17H13ClFN3O4/c1-25-13-6-11-7(4-8(13)17(21)24)12(2-3-22-11)26-16-9(19)5-10(20)14(18)15(16)23/h2-6,23H,20H2,1H3,(H2,21,24). The maximum absolute atomic E-state index is 14.2. The van der Waals surface area contributed by atoms with Crippen LogP contribution in [0.2, 0.25) is 5.02 Å². The van der Waals surface area contributed by atoms with Crippen molar-refractivity contribution in [1.82, 2.24) is 4.98 Å². The largest absolute Gasteiger partial charge is 0.503 e. The minimum atomic E-state index is -0.905. The highest BCUT2D eigenvalue weighted by molar-refractivity contribution is 6.34. The summed E-state index contributed by atoms with van der Waals surface area (Å²) in [6.07, 6.45) is 1.41. The van der Waals surface area contributed by atoms with E-state index in [4.69, 9.17) is 32.5 Å². The molecule has 0 saturated carbocycles. The number of methoxy groups -OCH3 is 1. The Balaban J connectivity index is 2.19. The summed E-state index contributed by atoms with van der Waals surface area (Å²) in [6, 6.07) is 5.27. The molecule has 3 aromatic rings. The first-order valence-corrected chi connectivity index (χ1v) is 7.62. The van der Waals surface area contributed by atoms with Gasteiger partial charge in [0.1, 0.15) is 16.5 Å². The van der Waals surface area contributed by atoms with Crippen LogP contribution in [-0.2, 0) is 0 Å². The maximum atomic E-state index is 14.2. The normalized spacial score (nSPS) is 10.7. The number of rotatable bonds is 4. The number of anilines is 1. The summed E-state index contributed by atoms with van der Waals surface area (Å²) >= 11 is 5.83. The number of carbonyl (C=O) groups is 1. The topological polar surface area (TPSA) is 121 Å². The van der Waals surface area contributed by atoms with Crippen molar-refractivity contribution in [2.24, 2.45) is 5.73 Å². The van der Waals surface area contributed by atoms with Crippen LogP contribution in [0.1, 0.15) is 10.4 Å². The summed E-state index contributed by atoms with van der Waals surface area (Å²) in [5.74, 6) is -2.42. The number of fused-ring (bicyclic) bond motifs is 1. The Bertz CT molecular complexity index is 1040. The van der Waals surface area contributed by atoms with Crippen molar-refractivity contribution in [3.8, 4) is 23.0 Å². The molecule has 134 valence electrons. The van der Waals surface area contributed by atoms with Crippen molar-refractivity contribution < 1.29 is 23.8 Å². The zero-order chi connectivity index (χ0) is 19.0. The molecule has 1 heterocycles. The first-order chi connectivity index (χ1) is 12.3. The van der Waals surface area contributed by atoms with Gasteiger partial charge in [-0.25, -0.2) is 4.39 Å². The van der Waals surface area contributed by atoms with Crippen molar-refractivity contribution in [2.45, 2.75) is 0 Å². The lowest BCUT2D eigenvalue weighted by Crippen LogP contribution is -2.12. The molecule has 0 spiro atoms. The molecule has 2 aromatic carbocycles. The fourth-order valence-corrected chi connectivity index (χ4v) is 2.56. The number of nitrogens with two attached hydrogens (primary N) is 2. The SMILES string of the molecule is COc1cc2nccc(Oc3c(F)cc(N)c(Cl)c3O)c2cc1C(N)=O. The first-order valence-electron chi connectivity index (χ1n) is 7.24. The highest BCUT2D eigenvalue weighted by atomic mass is 35.5. The number of hydrogen-bond acceptors (Lipinski definition) is 6. The monoisotopic (exact) mass is 377 g/mol. The third-order valence-electron chi connectivity index (χ3n) is 3.68. The van der Waals surface area contributed by atoms with E-state index in [0.717, 1.165) is 6.07 Å². The third kappa shape index (κ3) is 2.91. The van der Waals surface area contributed by atoms with E-state index in [9.17, 15) is 14.3 Å². The lowest BCUT2D eigenvalue weighted by molar-refractivity contribution is 0.0997. The van der Waals surface area contributed by atoms with Crippen molar-refractivity contribution >= 4 is 34.1 Å². The fourth-order valence-electron chi connectivity index (χ4n) is 2.42. The second-order valence-electron chi connectivity index (χ2n) is 5.28. The minimum absolute atomic E-state index is 0.0953. The quantitative estimate of drug-likeness (QED) is 0.600. The van der Waals surface area contributed by atoms with E-state index in [1.165, 1.54) is 31.5 Å². The molecule has 0 aliphatic rings. The van der Waals surface area contributed by atoms with E-state index in [2.05, 4.69) is 4.98 Å². The Morgan fingerprint density at radius 1 is 1.31 bits per heavy atom. The lowest BCUT2D eigenvalue weighted by Gasteiger charge is -2.14. The van der Waals surface area contributed by atoms with Gasteiger partial charge in [0.05, 0.1) is 23.9 Å². The molecule has 0 bridgehead atoms. The number of ether oxygens (including phenoxy) is 2. The Morgan fingerprint density at radius 2 is 2.04 bits per heavy atom. The number of amides is 1. The number of nitrogen functional groups attached to an aromatic ring is 1. The summed E-state index contributed by atoms with van der Waals surface area (Å²) in [7, 11) is 1.39. The van der Waals surface area contributed by atoms with Gasteiger partial charge in [-0.05, 0) is 12.1 Å². The Kier molecular flexibility index (Phi) is 4.43. The van der Waals surface area contributed by atoms with Crippen LogP contribution in [0, 0.1) is 5.82 Å². The number of halogens is 2. The van der Waals surface area contributed by atoms with Crippen LogP contribution in [-0.4, -0.2) is 23.1 Å². The van der Waals surface area contributed by atoms with Gasteiger partial charge in [-0.2, -0.15) is 0 Å². The van der Waals surface area contributed by atoms with Crippen molar-refractivity contribution in [3.05, 3.63) is 46.9 Å². The molecule has 1 aromatic heterocycles. The summed E-state index contributed by atoms with van der Waals surface area (Å²) in [4.78, 5) is 15.8. The molecule has 0 atom stereocenters. The van der Waals surface area contributed by atoms with Gasteiger partial charge in [0.25, 0.3) is 5.91 Å². The number of phenolic OH excluding ortho intramolecular Hbond substituents is 1. The van der Waals surface area contributed by atoms with Crippen LogP contribution in [0.4, 0.5) is 10.1 Å². The molecule has 1 amide bonds. The zero-order valence-corrected chi connectivity index (χ0v) is 14.2. The van der Waals surface area contributed by atoms with E-state index in [1.807, 2.05) is 0 Å². The molecule has 26 heavy (non-hydrogen) atoms. The van der Waals surface area contributed by atoms with E-state index in [1.54, 1.807) is 0 Å². The number of pyridine rings is 1. The number of primary amides is 1. The highest BCUT2D eigenvalue weighted by Gasteiger charge is 2.20. The number of phenols is 1. The molecule has 0 radical (unpaired) electrons.